The molecule has 0 amide bonds. The van der Waals surface area contributed by atoms with Crippen molar-refractivity contribution in [2.75, 3.05) is 6.54 Å². The molecule has 0 aromatic heterocycles. The van der Waals surface area contributed by atoms with Crippen LogP contribution in [-0.4, -0.2) is 29.9 Å². The maximum Gasteiger partial charge on any atom is 0.321 e. The average molecular weight is 224 g/mol. The summed E-state index contributed by atoms with van der Waals surface area (Å²) in [7, 11) is 0. The van der Waals surface area contributed by atoms with Crippen molar-refractivity contribution in [2.24, 2.45) is 11.5 Å². The van der Waals surface area contributed by atoms with Gasteiger partial charge in [0.05, 0.1) is 0 Å². The lowest BCUT2D eigenvalue weighted by Gasteiger charge is -1.97. The molecule has 0 fully saturated rings. The van der Waals surface area contributed by atoms with Crippen LogP contribution in [0.4, 0.5) is 0 Å². The minimum absolute atomic E-state index is 0.00463. The first-order valence-electron chi connectivity index (χ1n) is 4.71. The Bertz CT molecular complexity index is 353. The van der Waals surface area contributed by atoms with Crippen molar-refractivity contribution < 1.29 is 14.7 Å². The summed E-state index contributed by atoms with van der Waals surface area (Å²) in [5.41, 5.74) is 11.6. The Kier molecular flexibility index (Phi) is 6.74. The zero-order chi connectivity index (χ0) is 12.6. The monoisotopic (exact) mass is 224 g/mol. The van der Waals surface area contributed by atoms with Crippen LogP contribution in [0.15, 0.2) is 24.3 Å². The fourth-order valence-corrected chi connectivity index (χ4v) is 0.844. The molecule has 0 radical (unpaired) electrons. The van der Waals surface area contributed by atoms with E-state index in [0.29, 0.717) is 0 Å². The van der Waals surface area contributed by atoms with Gasteiger partial charge >= 0.3 is 5.97 Å². The Morgan fingerprint density at radius 2 is 2.19 bits per heavy atom. The highest BCUT2D eigenvalue weighted by atomic mass is 16.4. The summed E-state index contributed by atoms with van der Waals surface area (Å²) in [6, 6.07) is 6.58. The Morgan fingerprint density at radius 3 is 2.44 bits per heavy atom. The summed E-state index contributed by atoms with van der Waals surface area (Å²) >= 11 is 0. The van der Waals surface area contributed by atoms with Crippen LogP contribution >= 0.6 is 0 Å². The number of nitrogens with two attached hydrogens (primary N) is 2. The molecule has 1 unspecified atom stereocenters. The topological polar surface area (TPSA) is 106 Å². The van der Waals surface area contributed by atoms with Gasteiger partial charge in [-0.3, -0.25) is 9.59 Å². The lowest BCUT2D eigenvalue weighted by Crippen LogP contribution is -2.37. The van der Waals surface area contributed by atoms with Crippen molar-refractivity contribution in [3.8, 4) is 0 Å². The Labute approximate surface area is 94.1 Å². The van der Waals surface area contributed by atoms with Gasteiger partial charge in [0.1, 0.15) is 12.3 Å². The van der Waals surface area contributed by atoms with E-state index in [-0.39, 0.29) is 6.54 Å². The summed E-state index contributed by atoms with van der Waals surface area (Å²) < 4.78 is 0. The van der Waals surface area contributed by atoms with Gasteiger partial charge in [-0.1, -0.05) is 23.8 Å². The summed E-state index contributed by atoms with van der Waals surface area (Å²) in [6.07, 6.45) is 0.854. The molecule has 1 rings (SSSR count). The number of aliphatic carboxylic acids is 1. The number of aldehydes is 1. The third kappa shape index (κ3) is 5.90. The molecule has 88 valence electrons. The molecule has 0 saturated heterocycles. The van der Waals surface area contributed by atoms with Gasteiger partial charge in [0.15, 0.2) is 0 Å². The molecule has 16 heavy (non-hydrogen) atoms. The fourth-order valence-electron chi connectivity index (χ4n) is 0.844. The van der Waals surface area contributed by atoms with Crippen LogP contribution < -0.4 is 11.5 Å². The zero-order valence-corrected chi connectivity index (χ0v) is 9.09. The quantitative estimate of drug-likeness (QED) is 0.634. The number of benzene rings is 1. The van der Waals surface area contributed by atoms with E-state index in [1.54, 1.807) is 6.07 Å². The molecule has 1 atom stereocenters. The van der Waals surface area contributed by atoms with Crippen LogP contribution in [0.3, 0.4) is 0 Å². The second-order valence-corrected chi connectivity index (χ2v) is 3.21. The van der Waals surface area contributed by atoms with Gasteiger partial charge in [-0.15, -0.1) is 0 Å². The van der Waals surface area contributed by atoms with E-state index >= 15 is 0 Å². The number of carbonyl (C=O) groups is 2. The SMILES string of the molecule is Cc1cccc(C=O)c1.NCC(N)C(=O)O. The lowest BCUT2D eigenvalue weighted by atomic mass is 10.2. The van der Waals surface area contributed by atoms with E-state index in [1.165, 1.54) is 0 Å². The summed E-state index contributed by atoms with van der Waals surface area (Å²) in [6.45, 7) is 1.96. The van der Waals surface area contributed by atoms with E-state index in [9.17, 15) is 9.59 Å². The number of rotatable bonds is 3. The number of carboxylic acid groups (broad SMARTS) is 1. The standard InChI is InChI=1S/C8H8O.C3H8N2O2/c1-7-3-2-4-8(5-7)6-9;4-1-2(5)3(6)7/h2-6H,1H3;2H,1,4-5H2,(H,6,7). The molecular formula is C11H16N2O3. The minimum atomic E-state index is -1.05. The van der Waals surface area contributed by atoms with Crippen LogP contribution in [0.25, 0.3) is 0 Å². The number of carboxylic acids is 1. The Morgan fingerprint density at radius 1 is 1.56 bits per heavy atom. The highest BCUT2D eigenvalue weighted by Gasteiger charge is 2.05. The number of carbonyl (C=O) groups excluding carboxylic acids is 1. The van der Waals surface area contributed by atoms with Crippen LogP contribution in [0.1, 0.15) is 15.9 Å². The molecule has 0 aliphatic carbocycles. The summed E-state index contributed by atoms with van der Waals surface area (Å²) in [5.74, 6) is -1.05. The first-order valence-corrected chi connectivity index (χ1v) is 4.71. The van der Waals surface area contributed by atoms with Crippen molar-refractivity contribution >= 4 is 12.3 Å². The van der Waals surface area contributed by atoms with Gasteiger partial charge in [-0.05, 0) is 13.0 Å². The van der Waals surface area contributed by atoms with Gasteiger partial charge in [0.25, 0.3) is 0 Å². The third-order valence-electron chi connectivity index (χ3n) is 1.75. The largest absolute Gasteiger partial charge is 0.480 e. The second-order valence-electron chi connectivity index (χ2n) is 3.21. The van der Waals surface area contributed by atoms with Crippen molar-refractivity contribution in [2.45, 2.75) is 13.0 Å². The molecule has 0 aliphatic heterocycles. The zero-order valence-electron chi connectivity index (χ0n) is 9.09. The van der Waals surface area contributed by atoms with Crippen LogP contribution in [0, 0.1) is 6.92 Å². The Balaban J connectivity index is 0.000000293. The molecule has 5 nitrogen and oxygen atoms in total. The van der Waals surface area contributed by atoms with Crippen molar-refractivity contribution in [1.29, 1.82) is 0 Å². The molecule has 1 aromatic carbocycles. The van der Waals surface area contributed by atoms with E-state index in [4.69, 9.17) is 16.6 Å². The molecule has 5 heteroatoms. The van der Waals surface area contributed by atoms with E-state index in [0.717, 1.165) is 17.4 Å². The van der Waals surface area contributed by atoms with Crippen molar-refractivity contribution in [1.82, 2.24) is 0 Å². The minimum Gasteiger partial charge on any atom is -0.480 e. The van der Waals surface area contributed by atoms with Gasteiger partial charge in [0, 0.05) is 12.1 Å². The predicted molar refractivity (Wildman–Crippen MR) is 61.2 cm³/mol. The highest BCUT2D eigenvalue weighted by molar-refractivity contribution is 5.74. The molecule has 0 bridgehead atoms. The number of hydrogen-bond acceptors (Lipinski definition) is 4. The molecular weight excluding hydrogens is 208 g/mol. The molecule has 1 aromatic rings. The van der Waals surface area contributed by atoms with Crippen LogP contribution in [0.5, 0.6) is 0 Å². The first kappa shape index (κ1) is 14.3. The fraction of sp³-hybridized carbons (Fsp3) is 0.273. The molecule has 0 saturated carbocycles. The number of hydrogen-bond donors (Lipinski definition) is 3. The van der Waals surface area contributed by atoms with Crippen molar-refractivity contribution in [3.05, 3.63) is 35.4 Å². The van der Waals surface area contributed by atoms with E-state index in [2.05, 4.69) is 0 Å². The number of aryl methyl sites for hydroxylation is 1. The maximum atomic E-state index is 10.2. The normalized spacial score (nSPS) is 10.9. The van der Waals surface area contributed by atoms with E-state index < -0.39 is 12.0 Å². The predicted octanol–water partition coefficient (Wildman–Crippen LogP) is 0.165. The lowest BCUT2D eigenvalue weighted by molar-refractivity contribution is -0.138. The second kappa shape index (κ2) is 7.56. The first-order chi connectivity index (χ1) is 7.51. The molecule has 0 heterocycles. The highest BCUT2D eigenvalue weighted by Crippen LogP contribution is 1.99. The van der Waals surface area contributed by atoms with Gasteiger partial charge in [-0.2, -0.15) is 0 Å². The smallest absolute Gasteiger partial charge is 0.321 e. The molecule has 5 N–H and O–H groups in total. The molecule has 0 spiro atoms. The Hall–Kier alpha value is -1.72. The van der Waals surface area contributed by atoms with Gasteiger partial charge < -0.3 is 16.6 Å². The third-order valence-corrected chi connectivity index (χ3v) is 1.75. The maximum absolute atomic E-state index is 10.2. The molecule has 0 aliphatic rings. The summed E-state index contributed by atoms with van der Waals surface area (Å²) in [5, 5.41) is 7.98. The van der Waals surface area contributed by atoms with Gasteiger partial charge in [0.2, 0.25) is 0 Å². The summed E-state index contributed by atoms with van der Waals surface area (Å²) in [4.78, 5) is 19.9. The van der Waals surface area contributed by atoms with Crippen LogP contribution in [-0.2, 0) is 4.79 Å². The van der Waals surface area contributed by atoms with E-state index in [1.807, 2.05) is 25.1 Å². The van der Waals surface area contributed by atoms with Crippen molar-refractivity contribution in [3.63, 3.8) is 0 Å². The van der Waals surface area contributed by atoms with Crippen LogP contribution in [0.2, 0.25) is 0 Å². The van der Waals surface area contributed by atoms with Gasteiger partial charge in [-0.25, -0.2) is 0 Å². The average Bonchev–Trinajstić information content (AvgIpc) is 2.28.